The highest BCUT2D eigenvalue weighted by atomic mass is 35.5. The SMILES string of the molecule is CC(C)(CO)CN1C(=O)c2ccc(Cl)cc2C1C(=O)NCc1ccc(Cl)c(Cl)c1. The lowest BCUT2D eigenvalue weighted by atomic mass is 9.93. The molecular weight excluding hydrogens is 435 g/mol. The lowest BCUT2D eigenvalue weighted by Gasteiger charge is -2.32. The van der Waals surface area contributed by atoms with E-state index in [-0.39, 0.29) is 31.5 Å². The molecule has 1 atom stereocenters. The molecule has 1 unspecified atom stereocenters. The van der Waals surface area contributed by atoms with Crippen LogP contribution in [0.4, 0.5) is 0 Å². The number of carbonyl (C=O) groups excluding carboxylic acids is 2. The zero-order chi connectivity index (χ0) is 21.3. The third-order valence-electron chi connectivity index (χ3n) is 4.84. The minimum absolute atomic E-state index is 0.120. The van der Waals surface area contributed by atoms with Crippen molar-refractivity contribution in [3.8, 4) is 0 Å². The molecule has 3 rings (SSSR count). The number of carbonyl (C=O) groups is 2. The van der Waals surface area contributed by atoms with Crippen LogP contribution in [0.5, 0.6) is 0 Å². The van der Waals surface area contributed by atoms with Gasteiger partial charge in [-0.3, -0.25) is 9.59 Å². The normalized spacial score (nSPS) is 16.1. The van der Waals surface area contributed by atoms with Gasteiger partial charge in [0.15, 0.2) is 0 Å². The number of hydrogen-bond acceptors (Lipinski definition) is 3. The molecule has 0 saturated carbocycles. The van der Waals surface area contributed by atoms with Gasteiger partial charge in [-0.1, -0.05) is 54.7 Å². The second-order valence-electron chi connectivity index (χ2n) is 7.86. The van der Waals surface area contributed by atoms with Gasteiger partial charge in [0, 0.05) is 35.7 Å². The van der Waals surface area contributed by atoms with Crippen molar-refractivity contribution in [1.29, 1.82) is 0 Å². The van der Waals surface area contributed by atoms with E-state index in [0.717, 1.165) is 5.56 Å². The Morgan fingerprint density at radius 1 is 1.14 bits per heavy atom. The van der Waals surface area contributed by atoms with Gasteiger partial charge < -0.3 is 15.3 Å². The third-order valence-corrected chi connectivity index (χ3v) is 5.81. The van der Waals surface area contributed by atoms with E-state index in [2.05, 4.69) is 5.32 Å². The number of aliphatic hydroxyl groups excluding tert-OH is 1. The van der Waals surface area contributed by atoms with E-state index in [4.69, 9.17) is 34.8 Å². The lowest BCUT2D eigenvalue weighted by molar-refractivity contribution is -0.126. The highest BCUT2D eigenvalue weighted by Crippen LogP contribution is 2.37. The summed E-state index contributed by atoms with van der Waals surface area (Å²) in [5.41, 5.74) is 1.22. The first-order valence-electron chi connectivity index (χ1n) is 9.06. The quantitative estimate of drug-likeness (QED) is 0.675. The molecule has 8 heteroatoms. The van der Waals surface area contributed by atoms with Crippen LogP contribution in [0.25, 0.3) is 0 Å². The zero-order valence-electron chi connectivity index (χ0n) is 16.0. The van der Waals surface area contributed by atoms with Gasteiger partial charge in [-0.2, -0.15) is 0 Å². The number of nitrogens with zero attached hydrogens (tertiary/aromatic N) is 1. The van der Waals surface area contributed by atoms with Crippen LogP contribution < -0.4 is 5.32 Å². The molecule has 0 aromatic heterocycles. The Balaban J connectivity index is 1.87. The average molecular weight is 456 g/mol. The number of halogens is 3. The van der Waals surface area contributed by atoms with Gasteiger partial charge in [-0.25, -0.2) is 0 Å². The minimum atomic E-state index is -0.829. The smallest absolute Gasteiger partial charge is 0.255 e. The molecule has 154 valence electrons. The molecule has 0 aliphatic carbocycles. The fourth-order valence-electron chi connectivity index (χ4n) is 3.29. The Morgan fingerprint density at radius 2 is 1.86 bits per heavy atom. The van der Waals surface area contributed by atoms with Crippen LogP contribution in [0.3, 0.4) is 0 Å². The molecule has 2 aromatic carbocycles. The molecule has 2 aromatic rings. The topological polar surface area (TPSA) is 69.6 Å². The van der Waals surface area contributed by atoms with E-state index in [1.807, 2.05) is 13.8 Å². The first-order valence-corrected chi connectivity index (χ1v) is 10.2. The maximum Gasteiger partial charge on any atom is 0.255 e. The third kappa shape index (κ3) is 4.69. The molecule has 5 nitrogen and oxygen atoms in total. The summed E-state index contributed by atoms with van der Waals surface area (Å²) in [5.74, 6) is -0.591. The van der Waals surface area contributed by atoms with Crippen molar-refractivity contribution >= 4 is 46.6 Å². The van der Waals surface area contributed by atoms with E-state index < -0.39 is 11.5 Å². The number of hydrogen-bond donors (Lipinski definition) is 2. The summed E-state index contributed by atoms with van der Waals surface area (Å²) in [5, 5.41) is 13.8. The summed E-state index contributed by atoms with van der Waals surface area (Å²) in [7, 11) is 0. The Kier molecular flexibility index (Phi) is 6.44. The Labute approximate surface area is 184 Å². The van der Waals surface area contributed by atoms with E-state index in [9.17, 15) is 14.7 Å². The highest BCUT2D eigenvalue weighted by molar-refractivity contribution is 6.42. The molecule has 0 radical (unpaired) electrons. The van der Waals surface area contributed by atoms with Gasteiger partial charge in [0.1, 0.15) is 6.04 Å². The van der Waals surface area contributed by atoms with Crippen LogP contribution in [-0.2, 0) is 11.3 Å². The lowest BCUT2D eigenvalue weighted by Crippen LogP contribution is -2.44. The van der Waals surface area contributed by atoms with Crippen LogP contribution >= 0.6 is 34.8 Å². The fraction of sp³-hybridized carbons (Fsp3) is 0.333. The van der Waals surface area contributed by atoms with Crippen molar-refractivity contribution in [1.82, 2.24) is 10.2 Å². The molecule has 2 N–H and O–H groups in total. The first-order chi connectivity index (χ1) is 13.6. The molecule has 29 heavy (non-hydrogen) atoms. The zero-order valence-corrected chi connectivity index (χ0v) is 18.3. The highest BCUT2D eigenvalue weighted by Gasteiger charge is 2.43. The van der Waals surface area contributed by atoms with Crippen molar-refractivity contribution in [3.05, 3.63) is 68.2 Å². The van der Waals surface area contributed by atoms with E-state index in [1.54, 1.807) is 36.4 Å². The number of aliphatic hydroxyl groups is 1. The summed E-state index contributed by atoms with van der Waals surface area (Å²) in [6, 6.07) is 9.19. The first kappa shape index (κ1) is 21.9. The maximum atomic E-state index is 13.1. The summed E-state index contributed by atoms with van der Waals surface area (Å²) < 4.78 is 0. The van der Waals surface area contributed by atoms with E-state index in [1.165, 1.54) is 4.90 Å². The Morgan fingerprint density at radius 3 is 2.52 bits per heavy atom. The van der Waals surface area contributed by atoms with Gasteiger partial charge in [0.25, 0.3) is 5.91 Å². The molecule has 2 amide bonds. The van der Waals surface area contributed by atoms with Gasteiger partial charge in [-0.15, -0.1) is 0 Å². The molecule has 0 saturated heterocycles. The standard InChI is InChI=1S/C21H21Cl3N2O3/c1-21(2,11-27)10-26-18(15-8-13(22)4-5-14(15)20(26)29)19(28)25-9-12-3-6-16(23)17(24)7-12/h3-8,18,27H,9-11H2,1-2H3,(H,25,28). The van der Waals surface area contributed by atoms with Crippen LogP contribution in [0, 0.1) is 5.41 Å². The number of nitrogens with one attached hydrogen (secondary N) is 1. The van der Waals surface area contributed by atoms with Crippen molar-refractivity contribution in [2.24, 2.45) is 5.41 Å². The molecule has 1 heterocycles. The van der Waals surface area contributed by atoms with Crippen LogP contribution in [0.1, 0.15) is 41.4 Å². The van der Waals surface area contributed by atoms with Crippen molar-refractivity contribution in [2.75, 3.05) is 13.2 Å². The number of rotatable bonds is 6. The van der Waals surface area contributed by atoms with Crippen molar-refractivity contribution in [3.63, 3.8) is 0 Å². The second-order valence-corrected chi connectivity index (χ2v) is 9.11. The van der Waals surface area contributed by atoms with Gasteiger partial charge >= 0.3 is 0 Å². The molecule has 0 spiro atoms. The van der Waals surface area contributed by atoms with Gasteiger partial charge in [0.05, 0.1) is 10.0 Å². The monoisotopic (exact) mass is 454 g/mol. The predicted molar refractivity (Wildman–Crippen MR) is 114 cm³/mol. The van der Waals surface area contributed by atoms with Crippen LogP contribution in [0.15, 0.2) is 36.4 Å². The summed E-state index contributed by atoms with van der Waals surface area (Å²) >= 11 is 18.1. The summed E-state index contributed by atoms with van der Waals surface area (Å²) in [4.78, 5) is 27.6. The molecule has 1 aliphatic heterocycles. The maximum absolute atomic E-state index is 13.1. The van der Waals surface area contributed by atoms with E-state index >= 15 is 0 Å². The van der Waals surface area contributed by atoms with Gasteiger partial charge in [-0.05, 0) is 41.5 Å². The molecular formula is C21H21Cl3N2O3. The fourth-order valence-corrected chi connectivity index (χ4v) is 3.79. The van der Waals surface area contributed by atoms with Crippen molar-refractivity contribution < 1.29 is 14.7 Å². The average Bonchev–Trinajstić information content (AvgIpc) is 2.93. The number of amides is 2. The van der Waals surface area contributed by atoms with Gasteiger partial charge in [0.2, 0.25) is 5.91 Å². The van der Waals surface area contributed by atoms with Crippen LogP contribution in [-0.4, -0.2) is 35.0 Å². The Hall–Kier alpha value is -1.79. The molecule has 0 bridgehead atoms. The second kappa shape index (κ2) is 8.52. The summed E-state index contributed by atoms with van der Waals surface area (Å²) in [6.07, 6.45) is 0. The van der Waals surface area contributed by atoms with E-state index in [0.29, 0.717) is 26.2 Å². The minimum Gasteiger partial charge on any atom is -0.396 e. The molecule has 0 fully saturated rings. The predicted octanol–water partition coefficient (Wildman–Crippen LogP) is 4.48. The number of fused-ring (bicyclic) bond motifs is 1. The largest absolute Gasteiger partial charge is 0.396 e. The Bertz CT molecular complexity index is 962. The van der Waals surface area contributed by atoms with Crippen molar-refractivity contribution in [2.45, 2.75) is 26.4 Å². The molecule has 1 aliphatic rings. The number of benzene rings is 2. The summed E-state index contributed by atoms with van der Waals surface area (Å²) in [6.45, 7) is 4.00. The van der Waals surface area contributed by atoms with Crippen LogP contribution in [0.2, 0.25) is 15.1 Å².